The SMILES string of the molecule is CC(NC(C)c1nnc2n1CCC2)c1csc(Cl)c1. The van der Waals surface area contributed by atoms with Crippen molar-refractivity contribution in [1.29, 1.82) is 0 Å². The molecule has 2 aromatic rings. The van der Waals surface area contributed by atoms with Gasteiger partial charge in [0.05, 0.1) is 10.4 Å². The van der Waals surface area contributed by atoms with E-state index in [1.54, 1.807) is 11.3 Å². The molecule has 0 amide bonds. The molecule has 4 nitrogen and oxygen atoms in total. The molecule has 2 atom stereocenters. The third-order valence-electron chi connectivity index (χ3n) is 3.61. The third-order valence-corrected chi connectivity index (χ3v) is 4.72. The molecule has 1 N–H and O–H groups in total. The quantitative estimate of drug-likeness (QED) is 0.941. The number of nitrogens with zero attached hydrogens (tertiary/aromatic N) is 3. The Morgan fingerprint density at radius 2 is 2.21 bits per heavy atom. The number of fused-ring (bicyclic) bond motifs is 1. The van der Waals surface area contributed by atoms with Crippen LogP contribution in [0.1, 0.15) is 49.6 Å². The number of nitrogens with one attached hydrogen (secondary N) is 1. The second-order valence-electron chi connectivity index (χ2n) is 5.02. The van der Waals surface area contributed by atoms with E-state index in [1.807, 2.05) is 6.07 Å². The standard InChI is InChI=1S/C13H17ClN4S/c1-8(10-6-11(14)19-7-10)15-9(2)13-17-16-12-4-3-5-18(12)13/h6-9,15H,3-5H2,1-2H3. The number of halogens is 1. The van der Waals surface area contributed by atoms with Crippen LogP contribution in [-0.2, 0) is 13.0 Å². The van der Waals surface area contributed by atoms with Gasteiger partial charge in [-0.25, -0.2) is 0 Å². The van der Waals surface area contributed by atoms with Gasteiger partial charge in [0.25, 0.3) is 0 Å². The number of hydrogen-bond acceptors (Lipinski definition) is 4. The molecule has 19 heavy (non-hydrogen) atoms. The Labute approximate surface area is 121 Å². The highest BCUT2D eigenvalue weighted by Crippen LogP contribution is 2.27. The third kappa shape index (κ3) is 2.55. The first-order chi connectivity index (χ1) is 9.15. The molecule has 0 bridgehead atoms. The van der Waals surface area contributed by atoms with E-state index in [0.29, 0.717) is 0 Å². The van der Waals surface area contributed by atoms with Gasteiger partial charge >= 0.3 is 0 Å². The Bertz CT molecular complexity index is 577. The molecule has 0 radical (unpaired) electrons. The van der Waals surface area contributed by atoms with Gasteiger partial charge in [-0.15, -0.1) is 21.5 Å². The van der Waals surface area contributed by atoms with Crippen molar-refractivity contribution in [2.24, 2.45) is 0 Å². The summed E-state index contributed by atoms with van der Waals surface area (Å²) < 4.78 is 3.07. The number of aryl methyl sites for hydroxylation is 1. The lowest BCUT2D eigenvalue weighted by Gasteiger charge is -2.19. The maximum Gasteiger partial charge on any atom is 0.149 e. The van der Waals surface area contributed by atoms with Crippen LogP contribution in [0.5, 0.6) is 0 Å². The Morgan fingerprint density at radius 3 is 2.95 bits per heavy atom. The number of hydrogen-bond donors (Lipinski definition) is 1. The average Bonchev–Trinajstić information content (AvgIpc) is 3.02. The van der Waals surface area contributed by atoms with E-state index in [2.05, 4.69) is 39.3 Å². The van der Waals surface area contributed by atoms with Crippen molar-refractivity contribution >= 4 is 22.9 Å². The molecule has 0 saturated carbocycles. The zero-order chi connectivity index (χ0) is 13.4. The summed E-state index contributed by atoms with van der Waals surface area (Å²) in [5, 5.41) is 14.2. The minimum absolute atomic E-state index is 0.188. The first-order valence-corrected chi connectivity index (χ1v) is 7.83. The number of aromatic nitrogens is 3. The lowest BCUT2D eigenvalue weighted by atomic mass is 10.1. The minimum Gasteiger partial charge on any atom is -0.314 e. The average molecular weight is 297 g/mol. The van der Waals surface area contributed by atoms with E-state index in [0.717, 1.165) is 29.0 Å². The van der Waals surface area contributed by atoms with E-state index in [9.17, 15) is 0 Å². The molecule has 2 unspecified atom stereocenters. The smallest absolute Gasteiger partial charge is 0.149 e. The van der Waals surface area contributed by atoms with Crippen molar-refractivity contribution in [1.82, 2.24) is 20.1 Å². The summed E-state index contributed by atoms with van der Waals surface area (Å²) in [7, 11) is 0. The zero-order valence-corrected chi connectivity index (χ0v) is 12.6. The van der Waals surface area contributed by atoms with E-state index in [-0.39, 0.29) is 12.1 Å². The van der Waals surface area contributed by atoms with E-state index >= 15 is 0 Å². The maximum atomic E-state index is 5.98. The zero-order valence-electron chi connectivity index (χ0n) is 11.1. The lowest BCUT2D eigenvalue weighted by molar-refractivity contribution is 0.460. The molecule has 0 fully saturated rings. The summed E-state index contributed by atoms with van der Waals surface area (Å²) in [5.74, 6) is 2.16. The van der Waals surface area contributed by atoms with Crippen molar-refractivity contribution in [3.05, 3.63) is 33.0 Å². The van der Waals surface area contributed by atoms with Gasteiger partial charge in [-0.1, -0.05) is 11.6 Å². The van der Waals surface area contributed by atoms with Gasteiger partial charge in [-0.05, 0) is 37.3 Å². The van der Waals surface area contributed by atoms with Gasteiger partial charge in [0.1, 0.15) is 11.6 Å². The van der Waals surface area contributed by atoms with Crippen molar-refractivity contribution in [2.75, 3.05) is 0 Å². The summed E-state index contributed by atoms with van der Waals surface area (Å²) in [6.45, 7) is 5.33. The van der Waals surface area contributed by atoms with Crippen LogP contribution >= 0.6 is 22.9 Å². The van der Waals surface area contributed by atoms with E-state index in [4.69, 9.17) is 11.6 Å². The second kappa shape index (κ2) is 5.23. The fourth-order valence-corrected chi connectivity index (χ4v) is 3.57. The van der Waals surface area contributed by atoms with Crippen LogP contribution in [-0.4, -0.2) is 14.8 Å². The molecule has 0 spiro atoms. The van der Waals surface area contributed by atoms with Crippen LogP contribution in [0.4, 0.5) is 0 Å². The molecule has 3 heterocycles. The Kier molecular flexibility index (Phi) is 3.60. The first kappa shape index (κ1) is 13.1. The maximum absolute atomic E-state index is 5.98. The number of thiophene rings is 1. The summed E-state index contributed by atoms with van der Waals surface area (Å²) in [5.41, 5.74) is 1.23. The van der Waals surface area contributed by atoms with Crippen molar-refractivity contribution in [3.8, 4) is 0 Å². The minimum atomic E-state index is 0.188. The summed E-state index contributed by atoms with van der Waals surface area (Å²) >= 11 is 7.55. The molecule has 3 rings (SSSR count). The van der Waals surface area contributed by atoms with Crippen LogP contribution in [0.25, 0.3) is 0 Å². The summed E-state index contributed by atoms with van der Waals surface area (Å²) in [6.07, 6.45) is 2.23. The lowest BCUT2D eigenvalue weighted by Crippen LogP contribution is -2.24. The van der Waals surface area contributed by atoms with Crippen LogP contribution < -0.4 is 5.32 Å². The molecule has 0 saturated heterocycles. The molecule has 2 aromatic heterocycles. The second-order valence-corrected chi connectivity index (χ2v) is 6.57. The van der Waals surface area contributed by atoms with Crippen LogP contribution in [0, 0.1) is 0 Å². The largest absolute Gasteiger partial charge is 0.314 e. The molecule has 0 aromatic carbocycles. The highest BCUT2D eigenvalue weighted by atomic mass is 35.5. The molecular weight excluding hydrogens is 280 g/mol. The summed E-state index contributed by atoms with van der Waals surface area (Å²) in [6, 6.07) is 2.46. The molecule has 1 aliphatic heterocycles. The van der Waals surface area contributed by atoms with Crippen LogP contribution in [0.2, 0.25) is 4.34 Å². The van der Waals surface area contributed by atoms with Crippen LogP contribution in [0.3, 0.4) is 0 Å². The van der Waals surface area contributed by atoms with Gasteiger partial charge in [-0.2, -0.15) is 0 Å². The van der Waals surface area contributed by atoms with Crippen molar-refractivity contribution in [2.45, 2.75) is 45.3 Å². The molecule has 0 aliphatic carbocycles. The summed E-state index contributed by atoms with van der Waals surface area (Å²) in [4.78, 5) is 0. The highest BCUT2D eigenvalue weighted by molar-refractivity contribution is 7.14. The van der Waals surface area contributed by atoms with E-state index in [1.165, 1.54) is 12.0 Å². The van der Waals surface area contributed by atoms with Gasteiger partial charge in [0, 0.05) is 19.0 Å². The first-order valence-electron chi connectivity index (χ1n) is 6.57. The molecule has 6 heteroatoms. The van der Waals surface area contributed by atoms with Crippen molar-refractivity contribution in [3.63, 3.8) is 0 Å². The predicted octanol–water partition coefficient (Wildman–Crippen LogP) is 3.35. The Hall–Kier alpha value is -0.910. The predicted molar refractivity (Wildman–Crippen MR) is 77.6 cm³/mol. The van der Waals surface area contributed by atoms with Gasteiger partial charge in [-0.3, -0.25) is 0 Å². The van der Waals surface area contributed by atoms with Gasteiger partial charge < -0.3 is 9.88 Å². The monoisotopic (exact) mass is 296 g/mol. The Balaban J connectivity index is 1.72. The highest BCUT2D eigenvalue weighted by Gasteiger charge is 2.22. The molecular formula is C13H17ClN4S. The van der Waals surface area contributed by atoms with Gasteiger partial charge in [0.2, 0.25) is 0 Å². The fraction of sp³-hybridized carbons (Fsp3) is 0.538. The normalized spacial score (nSPS) is 17.4. The van der Waals surface area contributed by atoms with E-state index < -0.39 is 0 Å². The van der Waals surface area contributed by atoms with Crippen molar-refractivity contribution < 1.29 is 0 Å². The number of rotatable bonds is 4. The molecule has 1 aliphatic rings. The topological polar surface area (TPSA) is 42.7 Å². The van der Waals surface area contributed by atoms with Gasteiger partial charge in [0.15, 0.2) is 0 Å². The fourth-order valence-electron chi connectivity index (χ4n) is 2.59. The molecule has 102 valence electrons. The van der Waals surface area contributed by atoms with Crippen LogP contribution in [0.15, 0.2) is 11.4 Å². The Morgan fingerprint density at radius 1 is 1.37 bits per heavy atom.